The molecular weight excluding hydrogens is 410 g/mol. The van der Waals surface area contributed by atoms with E-state index in [1.807, 2.05) is 24.3 Å². The van der Waals surface area contributed by atoms with Crippen molar-refractivity contribution >= 4 is 23.1 Å². The summed E-state index contributed by atoms with van der Waals surface area (Å²) in [6.45, 7) is 1.76. The van der Waals surface area contributed by atoms with Crippen LogP contribution in [0.4, 0.5) is 5.69 Å². The smallest absolute Gasteiger partial charge is 0.339 e. The van der Waals surface area contributed by atoms with Crippen LogP contribution in [0.3, 0.4) is 0 Å². The van der Waals surface area contributed by atoms with Crippen LogP contribution in [-0.2, 0) is 22.5 Å². The number of rotatable bonds is 6. The number of aryl methyl sites for hydroxylation is 1. The molecule has 9 heteroatoms. The van der Waals surface area contributed by atoms with Crippen LogP contribution in [-0.4, -0.2) is 38.4 Å². The Hall–Kier alpha value is -4.27. The molecule has 0 aliphatic carbocycles. The van der Waals surface area contributed by atoms with Crippen molar-refractivity contribution in [2.45, 2.75) is 19.9 Å². The summed E-state index contributed by atoms with van der Waals surface area (Å²) in [7, 11) is 1.26. The number of hydrogen-bond donors (Lipinski definition) is 1. The minimum Gasteiger partial charge on any atom is -0.465 e. The van der Waals surface area contributed by atoms with E-state index in [0.717, 1.165) is 16.7 Å². The lowest BCUT2D eigenvalue weighted by Gasteiger charge is -2.10. The molecule has 0 saturated carbocycles. The average molecular weight is 431 g/mol. The zero-order valence-electron chi connectivity index (χ0n) is 17.6. The van der Waals surface area contributed by atoms with Gasteiger partial charge in [-0.05, 0) is 30.2 Å². The van der Waals surface area contributed by atoms with Crippen molar-refractivity contribution in [3.63, 3.8) is 0 Å². The molecule has 9 nitrogen and oxygen atoms in total. The third-order valence-corrected chi connectivity index (χ3v) is 5.05. The van der Waals surface area contributed by atoms with Gasteiger partial charge in [-0.25, -0.2) is 14.0 Å². The number of aromatic nitrogens is 4. The van der Waals surface area contributed by atoms with Crippen LogP contribution < -0.4 is 10.9 Å². The van der Waals surface area contributed by atoms with Crippen LogP contribution in [0.1, 0.15) is 22.8 Å². The molecule has 0 unspecified atom stereocenters. The molecule has 0 bridgehead atoms. The van der Waals surface area contributed by atoms with E-state index in [1.165, 1.54) is 23.5 Å². The number of para-hydroxylation sites is 1. The molecule has 2 aromatic carbocycles. The molecule has 4 rings (SSSR count). The van der Waals surface area contributed by atoms with Crippen molar-refractivity contribution in [3.05, 3.63) is 82.4 Å². The van der Waals surface area contributed by atoms with Crippen molar-refractivity contribution in [2.75, 3.05) is 12.4 Å². The fourth-order valence-electron chi connectivity index (χ4n) is 3.31. The van der Waals surface area contributed by atoms with Gasteiger partial charge in [0, 0.05) is 5.56 Å². The maximum absolute atomic E-state index is 12.9. The maximum atomic E-state index is 12.9. The number of methoxy groups -OCH3 is 1. The Morgan fingerprint density at radius 2 is 1.84 bits per heavy atom. The summed E-state index contributed by atoms with van der Waals surface area (Å²) in [4.78, 5) is 37.3. The third-order valence-electron chi connectivity index (χ3n) is 5.05. The number of amides is 1. The molecular formula is C23H21N5O4. The Kier molecular flexibility index (Phi) is 5.80. The Balaban J connectivity index is 1.57. The zero-order valence-corrected chi connectivity index (χ0v) is 17.6. The van der Waals surface area contributed by atoms with Crippen molar-refractivity contribution in [1.82, 2.24) is 19.4 Å². The van der Waals surface area contributed by atoms with E-state index in [2.05, 4.69) is 22.4 Å². The molecule has 0 fully saturated rings. The Bertz CT molecular complexity index is 1360. The fourth-order valence-corrected chi connectivity index (χ4v) is 3.31. The first-order valence-corrected chi connectivity index (χ1v) is 10.0. The molecule has 162 valence electrons. The van der Waals surface area contributed by atoms with E-state index in [0.29, 0.717) is 16.9 Å². The van der Waals surface area contributed by atoms with E-state index in [1.54, 1.807) is 30.3 Å². The highest BCUT2D eigenvalue weighted by molar-refractivity contribution is 6.01. The summed E-state index contributed by atoms with van der Waals surface area (Å²) in [5.74, 6) is -1.08. The molecule has 2 aromatic heterocycles. The molecule has 1 amide bonds. The largest absolute Gasteiger partial charge is 0.465 e. The first-order chi connectivity index (χ1) is 15.5. The molecule has 32 heavy (non-hydrogen) atoms. The van der Waals surface area contributed by atoms with Gasteiger partial charge in [0.05, 0.1) is 24.1 Å². The van der Waals surface area contributed by atoms with Crippen LogP contribution in [0.2, 0.25) is 0 Å². The van der Waals surface area contributed by atoms with E-state index in [-0.39, 0.29) is 12.1 Å². The predicted molar refractivity (Wildman–Crippen MR) is 118 cm³/mol. The summed E-state index contributed by atoms with van der Waals surface area (Å²) in [5.41, 5.74) is 3.09. The third kappa shape index (κ3) is 4.13. The second kappa shape index (κ2) is 8.84. The van der Waals surface area contributed by atoms with Crippen molar-refractivity contribution in [3.8, 4) is 11.3 Å². The lowest BCUT2D eigenvalue weighted by atomic mass is 10.1. The number of anilines is 1. The number of fused-ring (bicyclic) bond motifs is 1. The highest BCUT2D eigenvalue weighted by Crippen LogP contribution is 2.19. The van der Waals surface area contributed by atoms with Gasteiger partial charge in [0.25, 0.3) is 5.56 Å². The second-order valence-electron chi connectivity index (χ2n) is 7.09. The normalized spacial score (nSPS) is 10.8. The Morgan fingerprint density at radius 1 is 1.09 bits per heavy atom. The van der Waals surface area contributed by atoms with Gasteiger partial charge in [-0.3, -0.25) is 9.59 Å². The molecule has 0 saturated heterocycles. The molecule has 0 atom stereocenters. The highest BCUT2D eigenvalue weighted by atomic mass is 16.5. The quantitative estimate of drug-likeness (QED) is 0.470. The minimum atomic E-state index is -0.573. The van der Waals surface area contributed by atoms with Gasteiger partial charge in [0.1, 0.15) is 18.4 Å². The summed E-state index contributed by atoms with van der Waals surface area (Å²) in [6.07, 6.45) is 2.32. The van der Waals surface area contributed by atoms with Gasteiger partial charge in [-0.2, -0.15) is 10.2 Å². The van der Waals surface area contributed by atoms with Gasteiger partial charge >= 0.3 is 5.97 Å². The number of nitrogens with one attached hydrogen (secondary N) is 1. The number of ether oxygens (including phenoxy) is 1. The predicted octanol–water partition coefficient (Wildman–Crippen LogP) is 2.55. The van der Waals surface area contributed by atoms with Gasteiger partial charge in [0.2, 0.25) is 5.91 Å². The van der Waals surface area contributed by atoms with Crippen LogP contribution in [0.5, 0.6) is 0 Å². The lowest BCUT2D eigenvalue weighted by Crippen LogP contribution is -2.31. The van der Waals surface area contributed by atoms with Crippen molar-refractivity contribution in [2.24, 2.45) is 0 Å². The molecule has 0 aliphatic rings. The van der Waals surface area contributed by atoms with Gasteiger partial charge in [-0.1, -0.05) is 43.3 Å². The van der Waals surface area contributed by atoms with Crippen LogP contribution in [0.15, 0.2) is 65.7 Å². The number of benzene rings is 2. The first kappa shape index (κ1) is 21.0. The molecule has 0 radical (unpaired) electrons. The molecule has 2 heterocycles. The Morgan fingerprint density at radius 3 is 2.56 bits per heavy atom. The number of hydrogen-bond acceptors (Lipinski definition) is 6. The standard InChI is InChI=1S/C23H21N5O4/c1-3-15-8-10-16(11-9-15)19-12-20-22(30)27(24-14-28(20)26-19)13-21(29)25-18-7-5-4-6-17(18)23(31)32-2/h4-12,14H,3,13H2,1-2H3,(H,25,29). The van der Waals surface area contributed by atoms with Crippen molar-refractivity contribution in [1.29, 1.82) is 0 Å². The summed E-state index contributed by atoms with van der Waals surface area (Å²) in [5, 5.41) is 11.1. The van der Waals surface area contributed by atoms with Crippen molar-refractivity contribution < 1.29 is 14.3 Å². The Labute approximate surface area is 183 Å². The second-order valence-corrected chi connectivity index (χ2v) is 7.09. The number of nitrogens with zero attached hydrogens (tertiary/aromatic N) is 4. The maximum Gasteiger partial charge on any atom is 0.339 e. The molecule has 4 aromatic rings. The zero-order chi connectivity index (χ0) is 22.7. The summed E-state index contributed by atoms with van der Waals surface area (Å²) < 4.78 is 7.18. The fraction of sp³-hybridized carbons (Fsp3) is 0.174. The number of carbonyl (C=O) groups excluding carboxylic acids is 2. The van der Waals surface area contributed by atoms with E-state index < -0.39 is 17.4 Å². The van der Waals surface area contributed by atoms with E-state index in [4.69, 9.17) is 4.74 Å². The number of esters is 1. The number of carbonyl (C=O) groups is 2. The monoisotopic (exact) mass is 431 g/mol. The van der Waals surface area contributed by atoms with Crippen LogP contribution >= 0.6 is 0 Å². The lowest BCUT2D eigenvalue weighted by molar-refractivity contribution is -0.117. The highest BCUT2D eigenvalue weighted by Gasteiger charge is 2.16. The molecule has 1 N–H and O–H groups in total. The van der Waals surface area contributed by atoms with E-state index >= 15 is 0 Å². The average Bonchev–Trinajstić information content (AvgIpc) is 3.26. The van der Waals surface area contributed by atoms with Gasteiger partial charge < -0.3 is 10.1 Å². The molecule has 0 spiro atoms. The van der Waals surface area contributed by atoms with Crippen LogP contribution in [0, 0.1) is 0 Å². The minimum absolute atomic E-state index is 0.216. The van der Waals surface area contributed by atoms with E-state index in [9.17, 15) is 14.4 Å². The first-order valence-electron chi connectivity index (χ1n) is 10.0. The topological polar surface area (TPSA) is 108 Å². The van der Waals surface area contributed by atoms with Gasteiger partial charge in [0.15, 0.2) is 0 Å². The molecule has 0 aliphatic heterocycles. The van der Waals surface area contributed by atoms with Crippen LogP contribution in [0.25, 0.3) is 16.8 Å². The SMILES string of the molecule is CCc1ccc(-c2cc3c(=O)n(CC(=O)Nc4ccccc4C(=O)OC)ncn3n2)cc1. The summed E-state index contributed by atoms with van der Waals surface area (Å²) >= 11 is 0. The summed E-state index contributed by atoms with van der Waals surface area (Å²) in [6, 6.07) is 16.1. The van der Waals surface area contributed by atoms with Gasteiger partial charge in [-0.15, -0.1) is 0 Å².